The third-order valence-electron chi connectivity index (χ3n) is 3.78. The molecule has 1 aliphatic heterocycles. The zero-order valence-corrected chi connectivity index (χ0v) is 11.6. The van der Waals surface area contributed by atoms with Crippen LogP contribution in [0.1, 0.15) is 25.8 Å². The third-order valence-corrected chi connectivity index (χ3v) is 3.78. The Morgan fingerprint density at radius 1 is 1.53 bits per heavy atom. The number of para-hydroxylation sites is 1. The van der Waals surface area contributed by atoms with Crippen molar-refractivity contribution in [3.05, 3.63) is 29.8 Å². The first-order valence-corrected chi connectivity index (χ1v) is 6.89. The van der Waals surface area contributed by atoms with Crippen molar-refractivity contribution in [2.24, 2.45) is 11.7 Å². The number of carbonyl (C=O) groups is 1. The number of nitrogens with one attached hydrogen (secondary N) is 1. The lowest BCUT2D eigenvalue weighted by Crippen LogP contribution is -2.47. The fraction of sp³-hybridized carbons (Fsp3) is 0.533. The fourth-order valence-electron chi connectivity index (χ4n) is 2.21. The second-order valence-electron chi connectivity index (χ2n) is 5.21. The van der Waals surface area contributed by atoms with Crippen LogP contribution in [0.3, 0.4) is 0 Å². The Morgan fingerprint density at radius 3 is 2.95 bits per heavy atom. The zero-order chi connectivity index (χ0) is 13.8. The van der Waals surface area contributed by atoms with Gasteiger partial charge in [-0.05, 0) is 17.5 Å². The molecular weight excluding hydrogens is 240 g/mol. The first-order valence-electron chi connectivity index (χ1n) is 6.89. The lowest BCUT2D eigenvalue weighted by Gasteiger charge is -2.19. The number of hydrogen-bond acceptors (Lipinski definition) is 3. The van der Waals surface area contributed by atoms with Crippen molar-refractivity contribution in [1.82, 2.24) is 5.32 Å². The summed E-state index contributed by atoms with van der Waals surface area (Å²) in [5.74, 6) is 1.03. The fourth-order valence-corrected chi connectivity index (χ4v) is 2.21. The Bertz CT molecular complexity index is 423. The molecule has 1 heterocycles. The van der Waals surface area contributed by atoms with E-state index in [-0.39, 0.29) is 17.9 Å². The Morgan fingerprint density at radius 2 is 2.26 bits per heavy atom. The first-order chi connectivity index (χ1) is 9.11. The van der Waals surface area contributed by atoms with Gasteiger partial charge >= 0.3 is 0 Å². The van der Waals surface area contributed by atoms with Crippen LogP contribution in [0.5, 0.6) is 5.75 Å². The molecule has 1 unspecified atom stereocenters. The Hall–Kier alpha value is -1.55. The van der Waals surface area contributed by atoms with E-state index in [1.807, 2.05) is 32.0 Å². The summed E-state index contributed by atoms with van der Waals surface area (Å²) in [7, 11) is 0. The van der Waals surface area contributed by atoms with Crippen LogP contribution >= 0.6 is 0 Å². The number of ether oxygens (including phenoxy) is 1. The molecule has 0 aromatic heterocycles. The number of rotatable bonds is 5. The van der Waals surface area contributed by atoms with Crippen molar-refractivity contribution in [3.63, 3.8) is 0 Å². The van der Waals surface area contributed by atoms with E-state index >= 15 is 0 Å². The van der Waals surface area contributed by atoms with Crippen LogP contribution in [0.2, 0.25) is 0 Å². The van der Waals surface area contributed by atoms with Gasteiger partial charge in [0.15, 0.2) is 0 Å². The number of benzene rings is 1. The molecule has 0 saturated heterocycles. The second-order valence-corrected chi connectivity index (χ2v) is 5.21. The van der Waals surface area contributed by atoms with E-state index in [2.05, 4.69) is 11.4 Å². The van der Waals surface area contributed by atoms with Crippen LogP contribution < -0.4 is 15.8 Å². The van der Waals surface area contributed by atoms with Crippen molar-refractivity contribution in [2.75, 3.05) is 6.54 Å². The van der Waals surface area contributed by atoms with Crippen molar-refractivity contribution >= 4 is 5.91 Å². The van der Waals surface area contributed by atoms with E-state index in [0.717, 1.165) is 18.6 Å². The molecule has 104 valence electrons. The smallest absolute Gasteiger partial charge is 0.237 e. The van der Waals surface area contributed by atoms with Crippen molar-refractivity contribution in [3.8, 4) is 5.75 Å². The molecule has 0 bridgehead atoms. The molecule has 19 heavy (non-hydrogen) atoms. The Balaban J connectivity index is 1.80. The van der Waals surface area contributed by atoms with Gasteiger partial charge < -0.3 is 15.8 Å². The number of amides is 1. The van der Waals surface area contributed by atoms with E-state index in [1.54, 1.807) is 0 Å². The highest BCUT2D eigenvalue weighted by molar-refractivity contribution is 5.81. The largest absolute Gasteiger partial charge is 0.488 e. The van der Waals surface area contributed by atoms with Gasteiger partial charge in [-0.25, -0.2) is 0 Å². The molecule has 4 nitrogen and oxygen atoms in total. The summed E-state index contributed by atoms with van der Waals surface area (Å²) >= 11 is 0. The highest BCUT2D eigenvalue weighted by atomic mass is 16.5. The lowest BCUT2D eigenvalue weighted by molar-refractivity contribution is -0.123. The molecule has 2 rings (SSSR count). The maximum absolute atomic E-state index is 11.9. The average molecular weight is 262 g/mol. The molecule has 0 saturated carbocycles. The number of carbonyl (C=O) groups excluding carboxylic acids is 1. The maximum atomic E-state index is 11.9. The number of fused-ring (bicyclic) bond motifs is 1. The topological polar surface area (TPSA) is 64.4 Å². The highest BCUT2D eigenvalue weighted by Gasteiger charge is 2.24. The van der Waals surface area contributed by atoms with Gasteiger partial charge in [-0.15, -0.1) is 0 Å². The van der Waals surface area contributed by atoms with Crippen LogP contribution in [0.25, 0.3) is 0 Å². The van der Waals surface area contributed by atoms with Gasteiger partial charge in [-0.1, -0.05) is 38.5 Å². The van der Waals surface area contributed by atoms with Gasteiger partial charge in [0.2, 0.25) is 5.91 Å². The number of hydrogen-bond donors (Lipinski definition) is 2. The van der Waals surface area contributed by atoms with Gasteiger partial charge in [0, 0.05) is 6.42 Å². The van der Waals surface area contributed by atoms with Gasteiger partial charge in [0.25, 0.3) is 0 Å². The summed E-state index contributed by atoms with van der Waals surface area (Å²) in [6.45, 7) is 4.54. The molecule has 1 aromatic rings. The quantitative estimate of drug-likeness (QED) is 0.845. The monoisotopic (exact) mass is 262 g/mol. The van der Waals surface area contributed by atoms with E-state index in [9.17, 15) is 4.79 Å². The van der Waals surface area contributed by atoms with E-state index in [4.69, 9.17) is 10.5 Å². The van der Waals surface area contributed by atoms with E-state index in [0.29, 0.717) is 6.54 Å². The lowest BCUT2D eigenvalue weighted by atomic mass is 9.99. The standard InChI is InChI=1S/C15H22N2O2/c1-3-10(2)14(16)15(18)17-9-12-8-11-6-4-5-7-13(11)19-12/h4-7,10,12,14H,3,8-9,16H2,1-2H3,(H,17,18)/t10-,12?,14-/m0/s1. The van der Waals surface area contributed by atoms with Gasteiger partial charge in [-0.3, -0.25) is 4.79 Å². The van der Waals surface area contributed by atoms with Crippen molar-refractivity contribution in [2.45, 2.75) is 38.8 Å². The van der Waals surface area contributed by atoms with Crippen molar-refractivity contribution in [1.29, 1.82) is 0 Å². The molecule has 0 aliphatic carbocycles. The summed E-state index contributed by atoms with van der Waals surface area (Å²) < 4.78 is 5.77. The Kier molecular flexibility index (Phi) is 4.43. The predicted molar refractivity (Wildman–Crippen MR) is 75.0 cm³/mol. The van der Waals surface area contributed by atoms with Crippen LogP contribution in [0, 0.1) is 5.92 Å². The SMILES string of the molecule is CC[C@H](C)[C@H](N)C(=O)NCC1Cc2ccccc2O1. The molecule has 0 fully saturated rings. The summed E-state index contributed by atoms with van der Waals surface area (Å²) in [5, 5.41) is 2.89. The van der Waals surface area contributed by atoms with Gasteiger partial charge in [0.1, 0.15) is 11.9 Å². The third kappa shape index (κ3) is 3.26. The first kappa shape index (κ1) is 13.9. The molecule has 0 radical (unpaired) electrons. The summed E-state index contributed by atoms with van der Waals surface area (Å²) in [5.41, 5.74) is 7.09. The minimum absolute atomic E-state index is 0.0190. The van der Waals surface area contributed by atoms with Crippen LogP contribution in [0.4, 0.5) is 0 Å². The van der Waals surface area contributed by atoms with Gasteiger partial charge in [-0.2, -0.15) is 0 Å². The minimum atomic E-state index is -0.436. The van der Waals surface area contributed by atoms with E-state index < -0.39 is 6.04 Å². The summed E-state index contributed by atoms with van der Waals surface area (Å²) in [6, 6.07) is 7.54. The number of nitrogens with two attached hydrogens (primary N) is 1. The van der Waals surface area contributed by atoms with Crippen LogP contribution in [-0.2, 0) is 11.2 Å². The molecular formula is C15H22N2O2. The Labute approximate surface area is 114 Å². The summed E-state index contributed by atoms with van der Waals surface area (Å²) in [6.07, 6.45) is 1.76. The van der Waals surface area contributed by atoms with Crippen LogP contribution in [0.15, 0.2) is 24.3 Å². The molecule has 1 amide bonds. The highest BCUT2D eigenvalue weighted by Crippen LogP contribution is 2.27. The van der Waals surface area contributed by atoms with Crippen LogP contribution in [-0.4, -0.2) is 24.6 Å². The minimum Gasteiger partial charge on any atom is -0.488 e. The normalized spacial score (nSPS) is 20.3. The summed E-state index contributed by atoms with van der Waals surface area (Å²) in [4.78, 5) is 11.9. The molecule has 1 aliphatic rings. The van der Waals surface area contributed by atoms with E-state index in [1.165, 1.54) is 5.56 Å². The molecule has 3 atom stereocenters. The molecule has 1 aromatic carbocycles. The molecule has 3 N–H and O–H groups in total. The second kappa shape index (κ2) is 6.06. The predicted octanol–water partition coefficient (Wildman–Crippen LogP) is 1.48. The molecule has 4 heteroatoms. The average Bonchev–Trinajstić information content (AvgIpc) is 2.85. The zero-order valence-electron chi connectivity index (χ0n) is 11.6. The van der Waals surface area contributed by atoms with Gasteiger partial charge in [0.05, 0.1) is 12.6 Å². The van der Waals surface area contributed by atoms with Crippen molar-refractivity contribution < 1.29 is 9.53 Å². The maximum Gasteiger partial charge on any atom is 0.237 e. The molecule has 0 spiro atoms.